The second kappa shape index (κ2) is 7.36. The molecule has 5 nitrogen and oxygen atoms in total. The van der Waals surface area contributed by atoms with Crippen LogP contribution in [0.5, 0.6) is 0 Å². The molecular formula is C19H17NO4S. The molecule has 25 heavy (non-hydrogen) atoms. The fraction of sp³-hybridized carbons (Fsp3) is 0.158. The molecule has 0 saturated heterocycles. The standard InChI is InChI=1S/C19H17NO4S/c1-3-23-19(22)16-14(13-8-6-12(2)7-9-13)11-25-18(16)20-17(21)15-5-4-10-24-15/h4-11H,3H2,1-2H3,(H,20,21). The summed E-state index contributed by atoms with van der Waals surface area (Å²) in [5.41, 5.74) is 3.11. The average Bonchev–Trinajstić information content (AvgIpc) is 3.25. The van der Waals surface area contributed by atoms with Crippen molar-refractivity contribution in [1.29, 1.82) is 0 Å². The topological polar surface area (TPSA) is 68.5 Å². The van der Waals surface area contributed by atoms with Crippen molar-refractivity contribution in [3.8, 4) is 11.1 Å². The molecule has 0 atom stereocenters. The summed E-state index contributed by atoms with van der Waals surface area (Å²) in [6, 6.07) is 11.0. The Balaban J connectivity index is 1.99. The number of hydrogen-bond donors (Lipinski definition) is 1. The van der Waals surface area contributed by atoms with E-state index in [-0.39, 0.29) is 12.4 Å². The molecule has 1 aromatic carbocycles. The molecule has 0 aliphatic carbocycles. The van der Waals surface area contributed by atoms with Gasteiger partial charge in [-0.1, -0.05) is 29.8 Å². The number of esters is 1. The number of thiophene rings is 1. The summed E-state index contributed by atoms with van der Waals surface area (Å²) in [4.78, 5) is 24.7. The van der Waals surface area contributed by atoms with Crippen molar-refractivity contribution < 1.29 is 18.7 Å². The summed E-state index contributed by atoms with van der Waals surface area (Å²) in [6.07, 6.45) is 1.42. The van der Waals surface area contributed by atoms with E-state index in [0.29, 0.717) is 10.6 Å². The van der Waals surface area contributed by atoms with Crippen molar-refractivity contribution in [3.05, 3.63) is 64.9 Å². The Morgan fingerprint density at radius 3 is 2.60 bits per heavy atom. The van der Waals surface area contributed by atoms with Crippen molar-refractivity contribution >= 4 is 28.2 Å². The molecule has 3 aromatic rings. The van der Waals surface area contributed by atoms with Gasteiger partial charge in [-0.05, 0) is 31.5 Å². The highest BCUT2D eigenvalue weighted by atomic mass is 32.1. The highest BCUT2D eigenvalue weighted by Crippen LogP contribution is 2.36. The van der Waals surface area contributed by atoms with Crippen LogP contribution in [0.4, 0.5) is 5.00 Å². The number of hydrogen-bond acceptors (Lipinski definition) is 5. The Hall–Kier alpha value is -2.86. The molecule has 6 heteroatoms. The highest BCUT2D eigenvalue weighted by molar-refractivity contribution is 7.15. The smallest absolute Gasteiger partial charge is 0.341 e. The van der Waals surface area contributed by atoms with Crippen LogP contribution < -0.4 is 5.32 Å². The van der Waals surface area contributed by atoms with Gasteiger partial charge >= 0.3 is 5.97 Å². The Morgan fingerprint density at radius 2 is 1.96 bits per heavy atom. The Labute approximate surface area is 149 Å². The molecule has 2 aromatic heterocycles. The van der Waals surface area contributed by atoms with E-state index in [2.05, 4.69) is 5.32 Å². The summed E-state index contributed by atoms with van der Waals surface area (Å²) in [7, 11) is 0. The van der Waals surface area contributed by atoms with Crippen LogP contribution in [-0.4, -0.2) is 18.5 Å². The zero-order chi connectivity index (χ0) is 17.8. The second-order valence-electron chi connectivity index (χ2n) is 5.37. The second-order valence-corrected chi connectivity index (χ2v) is 6.25. The van der Waals surface area contributed by atoms with Crippen molar-refractivity contribution in [3.63, 3.8) is 0 Å². The van der Waals surface area contributed by atoms with E-state index in [0.717, 1.165) is 16.7 Å². The van der Waals surface area contributed by atoms with Gasteiger partial charge in [-0.25, -0.2) is 4.79 Å². The van der Waals surface area contributed by atoms with E-state index >= 15 is 0 Å². The molecule has 0 fully saturated rings. The number of amides is 1. The number of nitrogens with one attached hydrogen (secondary N) is 1. The van der Waals surface area contributed by atoms with Crippen LogP contribution in [0.15, 0.2) is 52.5 Å². The average molecular weight is 355 g/mol. The van der Waals surface area contributed by atoms with Gasteiger partial charge in [-0.15, -0.1) is 11.3 Å². The molecule has 1 N–H and O–H groups in total. The molecule has 0 aliphatic heterocycles. The molecule has 0 radical (unpaired) electrons. The van der Waals surface area contributed by atoms with Gasteiger partial charge in [0.1, 0.15) is 10.6 Å². The van der Waals surface area contributed by atoms with E-state index < -0.39 is 11.9 Å². The van der Waals surface area contributed by atoms with Gasteiger partial charge in [0.05, 0.1) is 12.9 Å². The van der Waals surface area contributed by atoms with Gasteiger partial charge in [-0.3, -0.25) is 4.79 Å². The van der Waals surface area contributed by atoms with Crippen molar-refractivity contribution in [1.82, 2.24) is 0 Å². The SMILES string of the molecule is CCOC(=O)c1c(-c2ccc(C)cc2)csc1NC(=O)c1ccco1. The summed E-state index contributed by atoms with van der Waals surface area (Å²) in [5, 5.41) is 5.02. The van der Waals surface area contributed by atoms with Crippen LogP contribution in [0, 0.1) is 6.92 Å². The minimum atomic E-state index is -0.464. The third-order valence-corrected chi connectivity index (χ3v) is 4.50. The first-order chi connectivity index (χ1) is 12.1. The molecule has 0 bridgehead atoms. The highest BCUT2D eigenvalue weighted by Gasteiger charge is 2.23. The Kier molecular flexibility index (Phi) is 5.00. The quantitative estimate of drug-likeness (QED) is 0.671. The Morgan fingerprint density at radius 1 is 1.20 bits per heavy atom. The molecule has 1 amide bonds. The number of rotatable bonds is 5. The first-order valence-electron chi connectivity index (χ1n) is 7.80. The maximum absolute atomic E-state index is 12.5. The normalized spacial score (nSPS) is 10.5. The molecular weight excluding hydrogens is 338 g/mol. The van der Waals surface area contributed by atoms with Crippen LogP contribution in [0.25, 0.3) is 11.1 Å². The van der Waals surface area contributed by atoms with Gasteiger partial charge in [-0.2, -0.15) is 0 Å². The van der Waals surface area contributed by atoms with E-state index in [1.54, 1.807) is 19.1 Å². The zero-order valence-electron chi connectivity index (χ0n) is 13.9. The largest absolute Gasteiger partial charge is 0.462 e. The minimum absolute atomic E-state index is 0.181. The summed E-state index contributed by atoms with van der Waals surface area (Å²) in [6.45, 7) is 4.00. The number of carbonyl (C=O) groups excluding carboxylic acids is 2. The number of furan rings is 1. The van der Waals surface area contributed by atoms with Crippen LogP contribution in [0.3, 0.4) is 0 Å². The lowest BCUT2D eigenvalue weighted by atomic mass is 10.0. The lowest BCUT2D eigenvalue weighted by Crippen LogP contribution is -2.14. The third-order valence-electron chi connectivity index (χ3n) is 3.61. The summed E-state index contributed by atoms with van der Waals surface area (Å²) < 4.78 is 10.3. The van der Waals surface area contributed by atoms with Crippen molar-refractivity contribution in [2.45, 2.75) is 13.8 Å². The number of aryl methyl sites for hydroxylation is 1. The number of anilines is 1. The molecule has 0 aliphatic rings. The zero-order valence-corrected chi connectivity index (χ0v) is 14.7. The maximum atomic E-state index is 12.5. The number of ether oxygens (including phenoxy) is 1. The number of carbonyl (C=O) groups is 2. The fourth-order valence-corrected chi connectivity index (χ4v) is 3.33. The van der Waals surface area contributed by atoms with Gasteiger partial charge in [0.2, 0.25) is 0 Å². The fourth-order valence-electron chi connectivity index (χ4n) is 2.37. The van der Waals surface area contributed by atoms with E-state index in [4.69, 9.17) is 9.15 Å². The van der Waals surface area contributed by atoms with Gasteiger partial charge in [0.25, 0.3) is 5.91 Å². The predicted octanol–water partition coefficient (Wildman–Crippen LogP) is 4.75. The Bertz CT molecular complexity index is 879. The van der Waals surface area contributed by atoms with Gasteiger partial charge in [0, 0.05) is 10.9 Å². The van der Waals surface area contributed by atoms with Crippen molar-refractivity contribution in [2.75, 3.05) is 11.9 Å². The summed E-state index contributed by atoms with van der Waals surface area (Å²) in [5.74, 6) is -0.693. The summed E-state index contributed by atoms with van der Waals surface area (Å²) >= 11 is 1.28. The first kappa shape index (κ1) is 17.0. The molecule has 0 saturated carbocycles. The lowest BCUT2D eigenvalue weighted by Gasteiger charge is -2.08. The molecule has 0 spiro atoms. The van der Waals surface area contributed by atoms with Crippen molar-refractivity contribution in [2.24, 2.45) is 0 Å². The monoisotopic (exact) mass is 355 g/mol. The molecule has 128 valence electrons. The van der Waals surface area contributed by atoms with E-state index in [9.17, 15) is 9.59 Å². The van der Waals surface area contributed by atoms with Crippen LogP contribution >= 0.6 is 11.3 Å². The molecule has 3 rings (SSSR count). The third kappa shape index (κ3) is 3.64. The lowest BCUT2D eigenvalue weighted by molar-refractivity contribution is 0.0529. The predicted molar refractivity (Wildman–Crippen MR) is 97.1 cm³/mol. The molecule has 2 heterocycles. The van der Waals surface area contributed by atoms with Crippen LogP contribution in [0.1, 0.15) is 33.4 Å². The first-order valence-corrected chi connectivity index (χ1v) is 8.68. The minimum Gasteiger partial charge on any atom is -0.462 e. The van der Waals surface area contributed by atoms with Gasteiger partial charge in [0.15, 0.2) is 5.76 Å². The molecule has 0 unspecified atom stereocenters. The van der Waals surface area contributed by atoms with E-state index in [1.807, 2.05) is 36.6 Å². The number of benzene rings is 1. The van der Waals surface area contributed by atoms with Crippen LogP contribution in [0.2, 0.25) is 0 Å². The van der Waals surface area contributed by atoms with Gasteiger partial charge < -0.3 is 14.5 Å². The van der Waals surface area contributed by atoms with Crippen LogP contribution in [-0.2, 0) is 4.74 Å². The maximum Gasteiger partial charge on any atom is 0.341 e. The van der Waals surface area contributed by atoms with E-state index in [1.165, 1.54) is 17.6 Å².